The SMILES string of the molecule is CCCCn1c(=O)n(CCCO)c(=O)c2[nH]cnc21. The Morgan fingerprint density at radius 1 is 1.26 bits per heavy atom. The number of unbranched alkanes of at least 4 members (excludes halogenated alkanes) is 1. The molecule has 2 rings (SSSR count). The van der Waals surface area contributed by atoms with Crippen molar-refractivity contribution in [1.29, 1.82) is 0 Å². The van der Waals surface area contributed by atoms with Crippen LogP contribution >= 0.6 is 0 Å². The third-order valence-electron chi connectivity index (χ3n) is 3.07. The highest BCUT2D eigenvalue weighted by molar-refractivity contribution is 5.68. The summed E-state index contributed by atoms with van der Waals surface area (Å²) in [6.45, 7) is 2.74. The molecule has 0 fully saturated rings. The Balaban J connectivity index is 2.61. The first-order valence-corrected chi connectivity index (χ1v) is 6.48. The molecule has 0 aliphatic rings. The number of aromatic nitrogens is 4. The largest absolute Gasteiger partial charge is 0.396 e. The van der Waals surface area contributed by atoms with E-state index in [-0.39, 0.29) is 24.4 Å². The Hall–Kier alpha value is -1.89. The summed E-state index contributed by atoms with van der Waals surface area (Å²) in [4.78, 5) is 31.3. The molecule has 19 heavy (non-hydrogen) atoms. The number of imidazole rings is 1. The van der Waals surface area contributed by atoms with Crippen molar-refractivity contribution in [1.82, 2.24) is 19.1 Å². The van der Waals surface area contributed by atoms with Crippen LogP contribution in [0.1, 0.15) is 26.2 Å². The molecule has 0 bridgehead atoms. The second-order valence-corrected chi connectivity index (χ2v) is 4.42. The van der Waals surface area contributed by atoms with Gasteiger partial charge in [0, 0.05) is 19.7 Å². The van der Waals surface area contributed by atoms with Crippen LogP contribution in [-0.4, -0.2) is 30.8 Å². The fourth-order valence-electron chi connectivity index (χ4n) is 2.05. The van der Waals surface area contributed by atoms with E-state index in [0.717, 1.165) is 17.4 Å². The summed E-state index contributed by atoms with van der Waals surface area (Å²) < 4.78 is 2.68. The Bertz CT molecular complexity index is 668. The Labute approximate surface area is 109 Å². The van der Waals surface area contributed by atoms with E-state index in [4.69, 9.17) is 5.11 Å². The molecule has 0 unspecified atom stereocenters. The number of aliphatic hydroxyl groups is 1. The number of rotatable bonds is 6. The maximum absolute atomic E-state index is 12.3. The molecule has 0 saturated carbocycles. The number of hydrogen-bond donors (Lipinski definition) is 2. The molecule has 2 N–H and O–H groups in total. The minimum absolute atomic E-state index is 0.0537. The molecule has 7 heteroatoms. The molecule has 2 aromatic rings. The van der Waals surface area contributed by atoms with Crippen LogP contribution in [0.25, 0.3) is 11.2 Å². The Morgan fingerprint density at radius 2 is 2.00 bits per heavy atom. The van der Waals surface area contributed by atoms with Gasteiger partial charge in [-0.2, -0.15) is 0 Å². The van der Waals surface area contributed by atoms with Crippen molar-refractivity contribution in [2.24, 2.45) is 0 Å². The molecular weight excluding hydrogens is 248 g/mol. The quantitative estimate of drug-likeness (QED) is 0.773. The van der Waals surface area contributed by atoms with Gasteiger partial charge in [-0.3, -0.25) is 13.9 Å². The van der Waals surface area contributed by atoms with E-state index in [1.54, 1.807) is 0 Å². The van der Waals surface area contributed by atoms with Gasteiger partial charge in [0.25, 0.3) is 5.56 Å². The van der Waals surface area contributed by atoms with Gasteiger partial charge in [-0.15, -0.1) is 0 Å². The van der Waals surface area contributed by atoms with Gasteiger partial charge in [0.2, 0.25) is 0 Å². The molecule has 2 aromatic heterocycles. The average molecular weight is 266 g/mol. The van der Waals surface area contributed by atoms with Gasteiger partial charge in [0.1, 0.15) is 5.52 Å². The van der Waals surface area contributed by atoms with Gasteiger partial charge >= 0.3 is 5.69 Å². The van der Waals surface area contributed by atoms with Gasteiger partial charge < -0.3 is 10.1 Å². The number of aliphatic hydroxyl groups excluding tert-OH is 1. The van der Waals surface area contributed by atoms with Crippen LogP contribution < -0.4 is 11.2 Å². The molecule has 0 amide bonds. The molecule has 0 atom stereocenters. The minimum atomic E-state index is -0.376. The first-order chi connectivity index (χ1) is 9.20. The summed E-state index contributed by atoms with van der Waals surface area (Å²) in [5.74, 6) is 0. The molecule has 0 radical (unpaired) electrons. The first kappa shape index (κ1) is 13.5. The summed E-state index contributed by atoms with van der Waals surface area (Å²) in [6.07, 6.45) is 3.60. The standard InChI is InChI=1S/C12H18N4O3/c1-2-3-5-15-10-9(13-8-14-10)11(18)16(12(15)19)6-4-7-17/h8,17H,2-7H2,1H3,(H,13,14). The zero-order chi connectivity index (χ0) is 13.8. The molecule has 0 aliphatic carbocycles. The second-order valence-electron chi connectivity index (χ2n) is 4.42. The normalized spacial score (nSPS) is 11.3. The predicted octanol–water partition coefficient (Wildman–Crippen LogP) is 0.0688. The summed E-state index contributed by atoms with van der Waals surface area (Å²) in [5, 5.41) is 8.85. The molecule has 2 heterocycles. The number of nitrogens with zero attached hydrogens (tertiary/aromatic N) is 3. The molecule has 0 saturated heterocycles. The monoisotopic (exact) mass is 266 g/mol. The van der Waals surface area contributed by atoms with Crippen LogP contribution in [0, 0.1) is 0 Å². The average Bonchev–Trinajstić information content (AvgIpc) is 2.88. The maximum Gasteiger partial charge on any atom is 0.332 e. The molecule has 0 aliphatic heterocycles. The molecule has 7 nitrogen and oxygen atoms in total. The van der Waals surface area contributed by atoms with Gasteiger partial charge in [0.05, 0.1) is 6.33 Å². The topological polar surface area (TPSA) is 92.9 Å². The van der Waals surface area contributed by atoms with E-state index in [1.165, 1.54) is 10.9 Å². The van der Waals surface area contributed by atoms with Gasteiger partial charge in [-0.25, -0.2) is 9.78 Å². The Morgan fingerprint density at radius 3 is 2.68 bits per heavy atom. The third-order valence-corrected chi connectivity index (χ3v) is 3.07. The second kappa shape index (κ2) is 5.83. The summed E-state index contributed by atoms with van der Waals surface area (Å²) in [5.41, 5.74) is 0.0162. The summed E-state index contributed by atoms with van der Waals surface area (Å²) in [6, 6.07) is 0. The smallest absolute Gasteiger partial charge is 0.332 e. The predicted molar refractivity (Wildman–Crippen MR) is 71.2 cm³/mol. The fourth-order valence-corrected chi connectivity index (χ4v) is 2.05. The molecule has 104 valence electrons. The molecule has 0 aromatic carbocycles. The number of aryl methyl sites for hydroxylation is 1. The number of nitrogens with one attached hydrogen (secondary N) is 1. The van der Waals surface area contributed by atoms with Crippen LogP contribution in [0.5, 0.6) is 0 Å². The van der Waals surface area contributed by atoms with Crippen LogP contribution in [-0.2, 0) is 13.1 Å². The van der Waals surface area contributed by atoms with Crippen LogP contribution in [0.3, 0.4) is 0 Å². The first-order valence-electron chi connectivity index (χ1n) is 6.48. The van der Waals surface area contributed by atoms with Crippen LogP contribution in [0.2, 0.25) is 0 Å². The highest BCUT2D eigenvalue weighted by Crippen LogP contribution is 2.03. The van der Waals surface area contributed by atoms with Crippen molar-refractivity contribution in [3.05, 3.63) is 27.2 Å². The van der Waals surface area contributed by atoms with E-state index in [1.807, 2.05) is 6.92 Å². The van der Waals surface area contributed by atoms with Crippen molar-refractivity contribution < 1.29 is 5.11 Å². The highest BCUT2D eigenvalue weighted by Gasteiger charge is 2.14. The number of H-pyrrole nitrogens is 1. The lowest BCUT2D eigenvalue weighted by Gasteiger charge is -2.10. The minimum Gasteiger partial charge on any atom is -0.396 e. The van der Waals surface area contributed by atoms with Crippen molar-refractivity contribution in [3.63, 3.8) is 0 Å². The van der Waals surface area contributed by atoms with Gasteiger partial charge in [0.15, 0.2) is 5.65 Å². The van der Waals surface area contributed by atoms with Crippen molar-refractivity contribution in [3.8, 4) is 0 Å². The van der Waals surface area contributed by atoms with Crippen molar-refractivity contribution in [2.75, 3.05) is 6.61 Å². The van der Waals surface area contributed by atoms with Gasteiger partial charge in [-0.05, 0) is 12.8 Å². The maximum atomic E-state index is 12.3. The van der Waals surface area contributed by atoms with E-state index in [2.05, 4.69) is 9.97 Å². The lowest BCUT2D eigenvalue weighted by Crippen LogP contribution is -2.40. The third kappa shape index (κ3) is 2.46. The van der Waals surface area contributed by atoms with E-state index < -0.39 is 0 Å². The lowest BCUT2D eigenvalue weighted by atomic mass is 10.3. The fraction of sp³-hybridized carbons (Fsp3) is 0.583. The van der Waals surface area contributed by atoms with Crippen molar-refractivity contribution in [2.45, 2.75) is 39.3 Å². The van der Waals surface area contributed by atoms with Crippen LogP contribution in [0.4, 0.5) is 0 Å². The number of aromatic amines is 1. The Kier molecular flexibility index (Phi) is 4.16. The zero-order valence-corrected chi connectivity index (χ0v) is 10.9. The zero-order valence-electron chi connectivity index (χ0n) is 10.9. The summed E-state index contributed by atoms with van der Waals surface area (Å²) >= 11 is 0. The van der Waals surface area contributed by atoms with Gasteiger partial charge in [-0.1, -0.05) is 13.3 Å². The van der Waals surface area contributed by atoms with Crippen molar-refractivity contribution >= 4 is 11.2 Å². The molecule has 0 spiro atoms. The van der Waals surface area contributed by atoms with Crippen LogP contribution in [0.15, 0.2) is 15.9 Å². The molecular formula is C12H18N4O3. The van der Waals surface area contributed by atoms with E-state index >= 15 is 0 Å². The summed E-state index contributed by atoms with van der Waals surface area (Å²) in [7, 11) is 0. The highest BCUT2D eigenvalue weighted by atomic mass is 16.3. The van der Waals surface area contributed by atoms with E-state index in [9.17, 15) is 9.59 Å². The lowest BCUT2D eigenvalue weighted by molar-refractivity contribution is 0.277. The van der Waals surface area contributed by atoms with E-state index in [0.29, 0.717) is 24.1 Å². The number of hydrogen-bond acceptors (Lipinski definition) is 4. The number of fused-ring (bicyclic) bond motifs is 1.